The zero-order chi connectivity index (χ0) is 61.2. The summed E-state index contributed by atoms with van der Waals surface area (Å²) >= 11 is 0. The van der Waals surface area contributed by atoms with Crippen LogP contribution in [0.15, 0.2) is 72.8 Å². The van der Waals surface area contributed by atoms with Crippen molar-refractivity contribution >= 4 is 46.8 Å². The third-order valence-corrected chi connectivity index (χ3v) is 13.9. The molecule has 0 aromatic heterocycles. The molecule has 0 radical (unpaired) electrons. The molecule has 0 aliphatic rings. The number of ketones is 4. The van der Waals surface area contributed by atoms with Crippen molar-refractivity contribution < 1.29 is 65.7 Å². The minimum absolute atomic E-state index is 0.0276. The SMILES string of the molecule is COc1ccc(CC(=O)[C@H](CCCCN)NC(=O)c2cc(CC(=O)[C@H](CCCCN)NC(=O)c3cc(CC(=O)[C@H](CCCCN)NC(=O)c4cc(CC(=O)[C@@H](N)CCCCN)cc(C(F)(F)F)c4)ccc3OC)ccc2OC)cc1C(N)=O. The number of ether oxygens (including phenoxy) is 3. The normalized spacial score (nSPS) is 12.8. The largest absolute Gasteiger partial charge is 0.496 e. The fourth-order valence-electron chi connectivity index (χ4n) is 9.34. The van der Waals surface area contributed by atoms with Crippen LogP contribution >= 0.6 is 0 Å². The van der Waals surface area contributed by atoms with Gasteiger partial charge in [-0.1, -0.05) is 24.6 Å². The van der Waals surface area contributed by atoms with Crippen molar-refractivity contribution in [2.45, 2.75) is 133 Å². The second kappa shape index (κ2) is 34.1. The highest BCUT2D eigenvalue weighted by atomic mass is 19.4. The number of hydrogen-bond donors (Lipinski definition) is 9. The van der Waals surface area contributed by atoms with Crippen LogP contribution in [0, 0.1) is 0 Å². The van der Waals surface area contributed by atoms with Gasteiger partial charge in [-0.25, -0.2) is 0 Å². The maximum Gasteiger partial charge on any atom is 0.416 e. The Kier molecular flexibility index (Phi) is 27.9. The average molecular weight is 1160 g/mol. The molecule has 83 heavy (non-hydrogen) atoms. The van der Waals surface area contributed by atoms with E-state index in [0.717, 1.165) is 12.1 Å². The number of primary amides is 1. The van der Waals surface area contributed by atoms with E-state index in [9.17, 15) is 51.5 Å². The van der Waals surface area contributed by atoms with Crippen molar-refractivity contribution in [3.05, 3.63) is 123 Å². The van der Waals surface area contributed by atoms with E-state index in [-0.39, 0.29) is 96.8 Å². The lowest BCUT2D eigenvalue weighted by Crippen LogP contribution is -2.42. The summed E-state index contributed by atoms with van der Waals surface area (Å²) in [6, 6.07) is 11.9. The molecule has 20 nitrogen and oxygen atoms in total. The number of benzene rings is 4. The Bertz CT molecular complexity index is 2880. The van der Waals surface area contributed by atoms with Gasteiger partial charge in [0.25, 0.3) is 23.6 Å². The minimum Gasteiger partial charge on any atom is -0.496 e. The maximum absolute atomic E-state index is 14.3. The molecule has 4 aromatic carbocycles. The lowest BCUT2D eigenvalue weighted by atomic mass is 9.95. The second-order valence-electron chi connectivity index (χ2n) is 20.3. The molecular weight excluding hydrogens is 1080 g/mol. The van der Waals surface area contributed by atoms with Gasteiger partial charge >= 0.3 is 6.18 Å². The number of unbranched alkanes of at least 4 members (excludes halogenated alkanes) is 4. The first-order chi connectivity index (χ1) is 39.6. The maximum atomic E-state index is 14.3. The average Bonchev–Trinajstić information content (AvgIpc) is 3.62. The zero-order valence-corrected chi connectivity index (χ0v) is 47.5. The molecule has 4 aromatic rings. The van der Waals surface area contributed by atoms with E-state index in [1.165, 1.54) is 63.8 Å². The standard InChI is InChI=1S/C60H80F3N9O11/c1-81-53-19-16-36(28-42(53)56(69)77)31-51(75)47(14-6-10-24-66)71-58(79)44-30-38(18-21-55(44)83-3)33-52(76)48(15-7-11-25-67)72-59(80)43-29-37(17-20-54(43)82-2)32-50(74)46(13-5-9-23-65)70-57(78)40-26-39(27-41(35-40)60(61,62)63)34-49(73)45(68)12-4-8-22-64/h16-21,26-30,35,45-48H,4-15,22-25,31-34,64-68H2,1-3H3,(H2,69,77)(H,70,78)(H,71,79)(H,72,80)/t45-,46-,47-,48-/m0/s1. The molecule has 0 unspecified atom stereocenters. The molecule has 452 valence electrons. The van der Waals surface area contributed by atoms with E-state index < -0.39 is 88.9 Å². The van der Waals surface area contributed by atoms with Gasteiger partial charge in [-0.05, 0) is 174 Å². The lowest BCUT2D eigenvalue weighted by molar-refractivity contribution is -0.137. The van der Waals surface area contributed by atoms with Crippen LogP contribution in [-0.2, 0) is 51.0 Å². The predicted octanol–water partition coefficient (Wildman–Crippen LogP) is 4.52. The number of Topliss-reactive ketones (excluding diaryl/α,β-unsaturated/α-hetero) is 4. The van der Waals surface area contributed by atoms with Crippen LogP contribution in [0.25, 0.3) is 0 Å². The summed E-state index contributed by atoms with van der Waals surface area (Å²) in [5.41, 5.74) is 33.9. The molecule has 0 fully saturated rings. The summed E-state index contributed by atoms with van der Waals surface area (Å²) < 4.78 is 58.8. The minimum atomic E-state index is -4.88. The monoisotopic (exact) mass is 1160 g/mol. The molecule has 4 amide bonds. The Hall–Kier alpha value is -7.57. The molecule has 0 spiro atoms. The van der Waals surface area contributed by atoms with Crippen molar-refractivity contribution in [3.8, 4) is 17.2 Å². The van der Waals surface area contributed by atoms with Gasteiger partial charge < -0.3 is 64.6 Å². The predicted molar refractivity (Wildman–Crippen MR) is 307 cm³/mol. The first-order valence-electron chi connectivity index (χ1n) is 27.7. The van der Waals surface area contributed by atoms with Crippen LogP contribution in [-0.4, -0.2) is 118 Å². The number of halogens is 3. The zero-order valence-electron chi connectivity index (χ0n) is 47.5. The highest BCUT2D eigenvalue weighted by Crippen LogP contribution is 2.32. The number of amides is 4. The number of alkyl halides is 3. The summed E-state index contributed by atoms with van der Waals surface area (Å²) in [4.78, 5) is 109. The van der Waals surface area contributed by atoms with Crippen LogP contribution in [0.5, 0.6) is 17.2 Å². The molecule has 0 aliphatic heterocycles. The number of methoxy groups -OCH3 is 3. The quantitative estimate of drug-likeness (QED) is 0.0279. The molecule has 4 atom stereocenters. The van der Waals surface area contributed by atoms with Crippen LogP contribution in [0.1, 0.15) is 146 Å². The number of carbonyl (C=O) groups is 8. The van der Waals surface area contributed by atoms with E-state index in [4.69, 9.17) is 48.6 Å². The van der Waals surface area contributed by atoms with E-state index in [2.05, 4.69) is 16.0 Å². The van der Waals surface area contributed by atoms with Gasteiger partial charge in [-0.15, -0.1) is 0 Å². The van der Waals surface area contributed by atoms with Crippen molar-refractivity contribution in [1.82, 2.24) is 16.0 Å². The number of rotatable bonds is 38. The number of nitrogens with one attached hydrogen (secondary N) is 3. The Labute approximate surface area is 482 Å². The number of nitrogens with two attached hydrogens (primary N) is 6. The van der Waals surface area contributed by atoms with Crippen molar-refractivity contribution in [1.29, 1.82) is 0 Å². The topological polar surface area (TPSA) is 356 Å². The first-order valence-corrected chi connectivity index (χ1v) is 27.7. The summed E-state index contributed by atoms with van der Waals surface area (Å²) in [5, 5.41) is 8.24. The molecule has 23 heteroatoms. The second-order valence-corrected chi connectivity index (χ2v) is 20.3. The highest BCUT2D eigenvalue weighted by Gasteiger charge is 2.33. The fraction of sp³-hybridized carbons (Fsp3) is 0.467. The first kappa shape index (κ1) is 67.9. The van der Waals surface area contributed by atoms with E-state index >= 15 is 0 Å². The van der Waals surface area contributed by atoms with E-state index in [0.29, 0.717) is 93.8 Å². The Morgan fingerprint density at radius 2 is 0.795 bits per heavy atom. The van der Waals surface area contributed by atoms with E-state index in [1.54, 1.807) is 12.1 Å². The van der Waals surface area contributed by atoms with Gasteiger partial charge in [0.05, 0.1) is 67.8 Å². The van der Waals surface area contributed by atoms with Crippen LogP contribution in [0.2, 0.25) is 0 Å². The molecule has 15 N–H and O–H groups in total. The summed E-state index contributed by atoms with van der Waals surface area (Å²) in [7, 11) is 4.07. The highest BCUT2D eigenvalue weighted by molar-refractivity contribution is 6.03. The molecule has 0 aliphatic carbocycles. The van der Waals surface area contributed by atoms with Gasteiger partial charge in [-0.3, -0.25) is 38.4 Å². The van der Waals surface area contributed by atoms with Gasteiger partial charge in [0, 0.05) is 31.2 Å². The van der Waals surface area contributed by atoms with Gasteiger partial charge in [0.2, 0.25) is 0 Å². The van der Waals surface area contributed by atoms with Crippen molar-refractivity contribution in [2.24, 2.45) is 34.4 Å². The smallest absolute Gasteiger partial charge is 0.416 e. The van der Waals surface area contributed by atoms with Gasteiger partial charge in [0.15, 0.2) is 23.1 Å². The lowest BCUT2D eigenvalue weighted by Gasteiger charge is -2.21. The van der Waals surface area contributed by atoms with Gasteiger partial charge in [-0.2, -0.15) is 13.2 Å². The van der Waals surface area contributed by atoms with Crippen molar-refractivity contribution in [3.63, 3.8) is 0 Å². The Morgan fingerprint density at radius 3 is 1.16 bits per heavy atom. The van der Waals surface area contributed by atoms with Crippen LogP contribution in [0.3, 0.4) is 0 Å². The molecule has 0 bridgehead atoms. The molecule has 0 saturated heterocycles. The summed E-state index contributed by atoms with van der Waals surface area (Å²) in [6.45, 7) is 1.31. The van der Waals surface area contributed by atoms with Gasteiger partial charge in [0.1, 0.15) is 17.2 Å². The summed E-state index contributed by atoms with van der Waals surface area (Å²) in [5.74, 6) is -4.48. The van der Waals surface area contributed by atoms with Crippen LogP contribution < -0.4 is 64.6 Å². The summed E-state index contributed by atoms with van der Waals surface area (Å²) in [6.07, 6.45) is -1.31. The molecule has 0 saturated carbocycles. The third-order valence-electron chi connectivity index (χ3n) is 13.9. The molecular formula is C60H80F3N9O11. The van der Waals surface area contributed by atoms with Crippen molar-refractivity contribution in [2.75, 3.05) is 47.5 Å². The number of carbonyl (C=O) groups excluding carboxylic acids is 8. The number of hydrogen-bond acceptors (Lipinski definition) is 16. The molecule has 4 rings (SSSR count). The fourth-order valence-corrected chi connectivity index (χ4v) is 9.34. The Morgan fingerprint density at radius 1 is 0.446 bits per heavy atom. The van der Waals surface area contributed by atoms with E-state index in [1.807, 2.05) is 0 Å². The third kappa shape index (κ3) is 21.3. The molecule has 0 heterocycles. The Balaban J connectivity index is 1.57. The van der Waals surface area contributed by atoms with Crippen LogP contribution in [0.4, 0.5) is 13.2 Å².